The van der Waals surface area contributed by atoms with Crippen molar-refractivity contribution in [1.29, 1.82) is 0 Å². The first-order valence-electron chi connectivity index (χ1n) is 6.27. The fraction of sp³-hybridized carbons (Fsp3) is 0.500. The van der Waals surface area contributed by atoms with Crippen molar-refractivity contribution < 1.29 is 22.7 Å². The Morgan fingerprint density at radius 1 is 1.43 bits per heavy atom. The van der Waals surface area contributed by atoms with Gasteiger partial charge in [0.1, 0.15) is 4.90 Å². The minimum absolute atomic E-state index is 0.0341. The maximum Gasteiger partial charge on any atom is 0.244 e. The smallest absolute Gasteiger partial charge is 0.244 e. The molecule has 1 aliphatic heterocycles. The number of hydrogen-bond acceptors (Lipinski definition) is 5. The largest absolute Gasteiger partial charge is 0.399 e. The van der Waals surface area contributed by atoms with E-state index >= 15 is 0 Å². The summed E-state index contributed by atoms with van der Waals surface area (Å²) >= 11 is 5.62. The number of rotatable bonds is 4. The highest BCUT2D eigenvalue weighted by molar-refractivity contribution is 7.89. The Kier molecular flexibility index (Phi) is 4.74. The lowest BCUT2D eigenvalue weighted by Gasteiger charge is -2.35. The van der Waals surface area contributed by atoms with Gasteiger partial charge in [-0.3, -0.25) is 0 Å². The molecule has 0 spiro atoms. The Bertz CT molecular complexity index is 632. The summed E-state index contributed by atoms with van der Waals surface area (Å²) < 4.78 is 46.2. The molecule has 1 aromatic carbocycles. The number of benzene rings is 1. The molecular formula is C12H16ClFN2O4S. The van der Waals surface area contributed by atoms with Crippen molar-refractivity contribution in [2.24, 2.45) is 0 Å². The predicted molar refractivity (Wildman–Crippen MR) is 76.0 cm³/mol. The van der Waals surface area contributed by atoms with Gasteiger partial charge in [-0.1, -0.05) is 11.6 Å². The number of hydrogen-bond donors (Lipinski definition) is 3. The van der Waals surface area contributed by atoms with Gasteiger partial charge in [0.15, 0.2) is 5.82 Å². The number of nitrogens with two attached hydrogens (primary N) is 1. The maximum atomic E-state index is 14.0. The Morgan fingerprint density at radius 3 is 2.62 bits per heavy atom. The number of sulfonamides is 1. The second kappa shape index (κ2) is 6.05. The van der Waals surface area contributed by atoms with Gasteiger partial charge in [0, 0.05) is 18.9 Å². The third kappa shape index (κ3) is 3.46. The Labute approximate surface area is 127 Å². The zero-order valence-corrected chi connectivity index (χ0v) is 12.7. The Hall–Kier alpha value is -0.930. The number of nitrogen functional groups attached to an aromatic ring is 1. The quantitative estimate of drug-likeness (QED) is 0.707. The Morgan fingerprint density at radius 2 is 2.05 bits per heavy atom. The van der Waals surface area contributed by atoms with Crippen LogP contribution in [0, 0.1) is 5.82 Å². The molecule has 1 aliphatic rings. The van der Waals surface area contributed by atoms with E-state index in [1.54, 1.807) is 0 Å². The summed E-state index contributed by atoms with van der Waals surface area (Å²) in [6, 6.07) is 2.13. The average Bonchev–Trinajstić information content (AvgIpc) is 2.43. The minimum atomic E-state index is -4.21. The van der Waals surface area contributed by atoms with Crippen LogP contribution in [-0.4, -0.2) is 38.9 Å². The predicted octanol–water partition coefficient (Wildman–Crippen LogP) is 0.881. The van der Waals surface area contributed by atoms with Crippen LogP contribution in [0.5, 0.6) is 0 Å². The molecular weight excluding hydrogens is 323 g/mol. The molecule has 0 radical (unpaired) electrons. The van der Waals surface area contributed by atoms with E-state index < -0.39 is 32.9 Å². The van der Waals surface area contributed by atoms with Gasteiger partial charge in [0.25, 0.3) is 0 Å². The normalized spacial score (nSPS) is 18.6. The van der Waals surface area contributed by atoms with Crippen LogP contribution >= 0.6 is 11.6 Å². The molecule has 0 bridgehead atoms. The van der Waals surface area contributed by atoms with E-state index in [-0.39, 0.29) is 10.7 Å². The SMILES string of the molecule is Nc1cc(Cl)c(F)c(S(=O)(=O)NC2(CO)CCOCC2)c1. The van der Waals surface area contributed by atoms with Gasteiger partial charge in [-0.15, -0.1) is 0 Å². The van der Waals surface area contributed by atoms with Gasteiger partial charge < -0.3 is 15.6 Å². The van der Waals surface area contributed by atoms with Gasteiger partial charge in [0.2, 0.25) is 10.0 Å². The van der Waals surface area contributed by atoms with Crippen molar-refractivity contribution >= 4 is 27.3 Å². The molecule has 1 fully saturated rings. The van der Waals surface area contributed by atoms with Crippen molar-refractivity contribution in [3.63, 3.8) is 0 Å². The van der Waals surface area contributed by atoms with E-state index in [9.17, 15) is 17.9 Å². The number of ether oxygens (including phenoxy) is 1. The van der Waals surface area contributed by atoms with Crippen LogP contribution in [0.15, 0.2) is 17.0 Å². The zero-order chi connectivity index (χ0) is 15.7. The van der Waals surface area contributed by atoms with Crippen molar-refractivity contribution in [2.45, 2.75) is 23.3 Å². The number of nitrogens with one attached hydrogen (secondary N) is 1. The van der Waals surface area contributed by atoms with E-state index in [2.05, 4.69) is 4.72 Å². The maximum absolute atomic E-state index is 14.0. The molecule has 9 heteroatoms. The first kappa shape index (κ1) is 16.4. The number of aliphatic hydroxyl groups excluding tert-OH is 1. The van der Waals surface area contributed by atoms with Gasteiger partial charge >= 0.3 is 0 Å². The molecule has 0 unspecified atom stereocenters. The highest BCUT2D eigenvalue weighted by Crippen LogP contribution is 2.28. The van der Waals surface area contributed by atoms with Crippen LogP contribution in [0.1, 0.15) is 12.8 Å². The van der Waals surface area contributed by atoms with Crippen LogP contribution in [0.25, 0.3) is 0 Å². The summed E-state index contributed by atoms with van der Waals surface area (Å²) in [6.07, 6.45) is 0.584. The van der Waals surface area contributed by atoms with Crippen LogP contribution < -0.4 is 10.5 Å². The Balaban J connectivity index is 2.38. The molecule has 0 aliphatic carbocycles. The summed E-state index contributed by atoms with van der Waals surface area (Å²) in [5.74, 6) is -1.07. The summed E-state index contributed by atoms with van der Waals surface area (Å²) in [6.45, 7) is 0.208. The molecule has 0 atom stereocenters. The first-order chi connectivity index (χ1) is 9.80. The monoisotopic (exact) mass is 338 g/mol. The average molecular weight is 339 g/mol. The topological polar surface area (TPSA) is 102 Å². The van der Waals surface area contributed by atoms with Crippen molar-refractivity contribution in [3.8, 4) is 0 Å². The molecule has 0 aromatic heterocycles. The lowest BCUT2D eigenvalue weighted by atomic mass is 9.93. The molecule has 118 valence electrons. The van der Waals surface area contributed by atoms with Crippen LogP contribution in [-0.2, 0) is 14.8 Å². The molecule has 0 amide bonds. The molecule has 6 nitrogen and oxygen atoms in total. The van der Waals surface area contributed by atoms with E-state index in [1.807, 2.05) is 0 Å². The van der Waals surface area contributed by atoms with Crippen molar-refractivity contribution in [3.05, 3.63) is 23.0 Å². The molecule has 1 heterocycles. The van der Waals surface area contributed by atoms with E-state index in [4.69, 9.17) is 22.1 Å². The van der Waals surface area contributed by atoms with E-state index in [0.29, 0.717) is 26.1 Å². The van der Waals surface area contributed by atoms with Crippen LogP contribution in [0.4, 0.5) is 10.1 Å². The number of anilines is 1. The number of aliphatic hydroxyl groups is 1. The van der Waals surface area contributed by atoms with Crippen LogP contribution in [0.3, 0.4) is 0 Å². The third-order valence-electron chi connectivity index (χ3n) is 3.41. The summed E-state index contributed by atoms with van der Waals surface area (Å²) in [5, 5.41) is 9.13. The van der Waals surface area contributed by atoms with E-state index in [0.717, 1.165) is 12.1 Å². The summed E-state index contributed by atoms with van der Waals surface area (Å²) in [7, 11) is -4.21. The lowest BCUT2D eigenvalue weighted by Crippen LogP contribution is -2.54. The van der Waals surface area contributed by atoms with E-state index in [1.165, 1.54) is 0 Å². The highest BCUT2D eigenvalue weighted by Gasteiger charge is 2.37. The second-order valence-electron chi connectivity index (χ2n) is 4.97. The molecule has 2 rings (SSSR count). The van der Waals surface area contributed by atoms with Crippen molar-refractivity contribution in [2.75, 3.05) is 25.6 Å². The molecule has 21 heavy (non-hydrogen) atoms. The van der Waals surface area contributed by atoms with Crippen molar-refractivity contribution in [1.82, 2.24) is 4.72 Å². The molecule has 1 saturated heterocycles. The fourth-order valence-corrected chi connectivity index (χ4v) is 4.04. The van der Waals surface area contributed by atoms with Gasteiger partial charge in [-0.05, 0) is 25.0 Å². The summed E-state index contributed by atoms with van der Waals surface area (Å²) in [5.41, 5.74) is 4.48. The number of halogens is 2. The molecule has 0 saturated carbocycles. The standard InChI is InChI=1S/C12H16ClFN2O4S/c13-9-5-8(15)6-10(11(9)14)21(18,19)16-12(7-17)1-3-20-4-2-12/h5-6,16-17H,1-4,7,15H2. The van der Waals surface area contributed by atoms with Gasteiger partial charge in [0.05, 0.1) is 17.2 Å². The van der Waals surface area contributed by atoms with Gasteiger partial charge in [-0.2, -0.15) is 0 Å². The first-order valence-corrected chi connectivity index (χ1v) is 8.13. The van der Waals surface area contributed by atoms with Gasteiger partial charge in [-0.25, -0.2) is 17.5 Å². The summed E-state index contributed by atoms with van der Waals surface area (Å²) in [4.78, 5) is -0.633. The lowest BCUT2D eigenvalue weighted by molar-refractivity contribution is 0.0222. The minimum Gasteiger partial charge on any atom is -0.399 e. The highest BCUT2D eigenvalue weighted by atomic mass is 35.5. The zero-order valence-electron chi connectivity index (χ0n) is 11.1. The second-order valence-corrected chi connectivity index (χ2v) is 7.03. The third-order valence-corrected chi connectivity index (χ3v) is 5.26. The molecule has 4 N–H and O–H groups in total. The molecule has 1 aromatic rings. The van der Waals surface area contributed by atoms with Crippen LogP contribution in [0.2, 0.25) is 5.02 Å². The fourth-order valence-electron chi connectivity index (χ4n) is 2.17.